The van der Waals surface area contributed by atoms with Crippen LogP contribution in [0.2, 0.25) is 0 Å². The lowest BCUT2D eigenvalue weighted by atomic mass is 10.1. The van der Waals surface area contributed by atoms with Crippen LogP contribution in [0.3, 0.4) is 0 Å². The number of benzene rings is 2. The first-order chi connectivity index (χ1) is 13.6. The van der Waals surface area contributed by atoms with Gasteiger partial charge in [-0.3, -0.25) is 4.79 Å². The molecular formula is C22H25NO5. The van der Waals surface area contributed by atoms with E-state index in [2.05, 4.69) is 5.32 Å². The van der Waals surface area contributed by atoms with Gasteiger partial charge >= 0.3 is 5.97 Å². The molecule has 2 unspecified atom stereocenters. The Morgan fingerprint density at radius 2 is 1.89 bits per heavy atom. The second-order valence-corrected chi connectivity index (χ2v) is 6.75. The van der Waals surface area contributed by atoms with Crippen LogP contribution in [0, 0.1) is 0 Å². The molecule has 1 aliphatic rings. The fraction of sp³-hybridized carbons (Fsp3) is 0.364. The van der Waals surface area contributed by atoms with Crippen molar-refractivity contribution in [1.29, 1.82) is 0 Å². The molecule has 1 saturated heterocycles. The molecule has 2 aromatic carbocycles. The molecule has 0 saturated carbocycles. The lowest BCUT2D eigenvalue weighted by Gasteiger charge is -2.14. The van der Waals surface area contributed by atoms with Gasteiger partial charge in [-0.1, -0.05) is 30.3 Å². The monoisotopic (exact) mass is 383 g/mol. The number of amides is 1. The number of carbonyl (C=O) groups is 2. The maximum absolute atomic E-state index is 12.1. The van der Waals surface area contributed by atoms with Crippen LogP contribution >= 0.6 is 0 Å². The second kappa shape index (κ2) is 9.90. The van der Waals surface area contributed by atoms with Crippen molar-refractivity contribution >= 4 is 11.9 Å². The first-order valence-electron chi connectivity index (χ1n) is 9.48. The number of rotatable bonds is 8. The average Bonchev–Trinajstić information content (AvgIpc) is 3.25. The van der Waals surface area contributed by atoms with Gasteiger partial charge in [-0.25, -0.2) is 4.79 Å². The summed E-state index contributed by atoms with van der Waals surface area (Å²) in [5, 5.41) is 2.81. The summed E-state index contributed by atoms with van der Waals surface area (Å²) in [4.78, 5) is 24.1. The Morgan fingerprint density at radius 1 is 1.14 bits per heavy atom. The van der Waals surface area contributed by atoms with Gasteiger partial charge in [0.15, 0.2) is 6.61 Å². The van der Waals surface area contributed by atoms with Gasteiger partial charge in [-0.2, -0.15) is 0 Å². The summed E-state index contributed by atoms with van der Waals surface area (Å²) >= 11 is 0. The Bertz CT molecular complexity index is 769. The van der Waals surface area contributed by atoms with Gasteiger partial charge in [0.2, 0.25) is 0 Å². The number of esters is 1. The Kier molecular flexibility index (Phi) is 7.03. The Balaban J connectivity index is 1.41. The minimum atomic E-state index is -0.548. The maximum Gasteiger partial charge on any atom is 0.338 e. The zero-order valence-electron chi connectivity index (χ0n) is 15.9. The molecule has 1 heterocycles. The van der Waals surface area contributed by atoms with E-state index in [-0.39, 0.29) is 24.7 Å². The van der Waals surface area contributed by atoms with E-state index in [1.807, 2.05) is 37.3 Å². The van der Waals surface area contributed by atoms with Crippen LogP contribution in [-0.4, -0.2) is 37.8 Å². The summed E-state index contributed by atoms with van der Waals surface area (Å²) in [5.74, 6) is -0.226. The molecule has 0 aliphatic carbocycles. The molecule has 28 heavy (non-hydrogen) atoms. The van der Waals surface area contributed by atoms with E-state index in [9.17, 15) is 9.59 Å². The number of carbonyl (C=O) groups excluding carboxylic acids is 2. The molecule has 2 atom stereocenters. The normalized spacial score (nSPS) is 17.0. The van der Waals surface area contributed by atoms with Crippen molar-refractivity contribution < 1.29 is 23.8 Å². The van der Waals surface area contributed by atoms with Crippen molar-refractivity contribution in [1.82, 2.24) is 5.32 Å². The topological polar surface area (TPSA) is 73.9 Å². The quantitative estimate of drug-likeness (QED) is 0.708. The minimum absolute atomic E-state index is 0.140. The number of nitrogens with one attached hydrogen (secondary N) is 1. The van der Waals surface area contributed by atoms with Crippen molar-refractivity contribution in [2.24, 2.45) is 0 Å². The van der Waals surface area contributed by atoms with Crippen molar-refractivity contribution in [2.45, 2.75) is 31.9 Å². The van der Waals surface area contributed by atoms with E-state index in [4.69, 9.17) is 14.2 Å². The molecule has 6 nitrogen and oxygen atoms in total. The van der Waals surface area contributed by atoms with Gasteiger partial charge in [0.05, 0.1) is 17.7 Å². The van der Waals surface area contributed by atoms with Crippen molar-refractivity contribution in [3.63, 3.8) is 0 Å². The van der Waals surface area contributed by atoms with Crippen molar-refractivity contribution in [2.75, 3.05) is 19.8 Å². The minimum Gasteiger partial charge on any atom is -0.491 e. The number of hydrogen-bond acceptors (Lipinski definition) is 5. The highest BCUT2D eigenvalue weighted by molar-refractivity contribution is 5.91. The lowest BCUT2D eigenvalue weighted by Crippen LogP contribution is -2.31. The molecule has 0 radical (unpaired) electrons. The maximum atomic E-state index is 12.1. The van der Waals surface area contributed by atoms with Crippen LogP contribution < -0.4 is 10.1 Å². The molecule has 148 valence electrons. The zero-order chi connectivity index (χ0) is 19.8. The standard InChI is InChI=1S/C22H25NO5/c1-16(17-6-3-2-4-7-17)23-21(24)15-28-22(25)18-9-11-19(12-10-18)27-14-20-8-5-13-26-20/h2-4,6-7,9-12,16,20H,5,8,13-15H2,1H3,(H,23,24). The van der Waals surface area contributed by atoms with E-state index < -0.39 is 5.97 Å². The molecule has 1 fully saturated rings. The van der Waals surface area contributed by atoms with E-state index in [0.29, 0.717) is 17.9 Å². The number of hydrogen-bond donors (Lipinski definition) is 1. The molecule has 0 spiro atoms. The third-order valence-electron chi connectivity index (χ3n) is 4.56. The predicted molar refractivity (Wildman–Crippen MR) is 104 cm³/mol. The zero-order valence-corrected chi connectivity index (χ0v) is 15.9. The summed E-state index contributed by atoms with van der Waals surface area (Å²) < 4.78 is 16.3. The van der Waals surface area contributed by atoms with Crippen LogP contribution in [0.25, 0.3) is 0 Å². The first kappa shape index (κ1) is 19.9. The van der Waals surface area contributed by atoms with Gasteiger partial charge in [-0.15, -0.1) is 0 Å². The summed E-state index contributed by atoms with van der Waals surface area (Å²) in [6.07, 6.45) is 2.22. The highest BCUT2D eigenvalue weighted by Gasteiger charge is 2.16. The summed E-state index contributed by atoms with van der Waals surface area (Å²) in [6, 6.07) is 16.1. The van der Waals surface area contributed by atoms with E-state index in [1.165, 1.54) is 0 Å². The van der Waals surface area contributed by atoms with Gasteiger partial charge in [-0.05, 0) is 49.6 Å². The van der Waals surface area contributed by atoms with E-state index in [0.717, 1.165) is 25.0 Å². The smallest absolute Gasteiger partial charge is 0.338 e. The van der Waals surface area contributed by atoms with Crippen LogP contribution in [-0.2, 0) is 14.3 Å². The lowest BCUT2D eigenvalue weighted by molar-refractivity contribution is -0.124. The van der Waals surface area contributed by atoms with Gasteiger partial charge in [0.1, 0.15) is 12.4 Å². The van der Waals surface area contributed by atoms with Crippen LogP contribution in [0.5, 0.6) is 5.75 Å². The molecular weight excluding hydrogens is 358 g/mol. The van der Waals surface area contributed by atoms with Crippen LogP contribution in [0.1, 0.15) is 41.7 Å². The SMILES string of the molecule is CC(NC(=O)COC(=O)c1ccc(OCC2CCCO2)cc1)c1ccccc1. The Hall–Kier alpha value is -2.86. The predicted octanol–water partition coefficient (Wildman–Crippen LogP) is 3.28. The fourth-order valence-electron chi connectivity index (χ4n) is 2.97. The van der Waals surface area contributed by atoms with Gasteiger partial charge < -0.3 is 19.5 Å². The molecule has 1 N–H and O–H groups in total. The third kappa shape index (κ3) is 5.82. The van der Waals surface area contributed by atoms with Crippen molar-refractivity contribution in [3.8, 4) is 5.75 Å². The van der Waals surface area contributed by atoms with E-state index in [1.54, 1.807) is 24.3 Å². The second-order valence-electron chi connectivity index (χ2n) is 6.75. The molecule has 1 amide bonds. The first-order valence-corrected chi connectivity index (χ1v) is 9.48. The molecule has 3 rings (SSSR count). The average molecular weight is 383 g/mol. The summed E-state index contributed by atoms with van der Waals surface area (Å²) in [5.41, 5.74) is 1.36. The Labute approximate surface area is 164 Å². The molecule has 1 aliphatic heterocycles. The number of ether oxygens (including phenoxy) is 3. The van der Waals surface area contributed by atoms with Gasteiger partial charge in [0, 0.05) is 6.61 Å². The summed E-state index contributed by atoms with van der Waals surface area (Å²) in [7, 11) is 0. The van der Waals surface area contributed by atoms with Crippen molar-refractivity contribution in [3.05, 3.63) is 65.7 Å². The van der Waals surface area contributed by atoms with Crippen LogP contribution in [0.15, 0.2) is 54.6 Å². The third-order valence-corrected chi connectivity index (χ3v) is 4.56. The molecule has 6 heteroatoms. The molecule has 0 aromatic heterocycles. The highest BCUT2D eigenvalue weighted by Crippen LogP contribution is 2.17. The Morgan fingerprint density at radius 3 is 2.57 bits per heavy atom. The fourth-order valence-corrected chi connectivity index (χ4v) is 2.97. The highest BCUT2D eigenvalue weighted by atomic mass is 16.5. The largest absolute Gasteiger partial charge is 0.491 e. The summed E-state index contributed by atoms with van der Waals surface area (Å²) in [6.45, 7) is 2.84. The van der Waals surface area contributed by atoms with Gasteiger partial charge in [0.25, 0.3) is 5.91 Å². The van der Waals surface area contributed by atoms with Crippen LogP contribution in [0.4, 0.5) is 0 Å². The molecule has 2 aromatic rings. The molecule has 0 bridgehead atoms. The van der Waals surface area contributed by atoms with E-state index >= 15 is 0 Å².